The van der Waals surface area contributed by atoms with Crippen molar-refractivity contribution in [1.82, 2.24) is 9.97 Å². The zero-order chi connectivity index (χ0) is 6.10. The molecular formula is C7H5N2Y-. The second kappa shape index (κ2) is 3.26. The molecule has 2 aromatic heterocycles. The molecular weight excluding hydrogens is 201 g/mol. The summed E-state index contributed by atoms with van der Waals surface area (Å²) in [4.78, 5) is 8.04. The third kappa shape index (κ3) is 1.28. The van der Waals surface area contributed by atoms with Crippen molar-refractivity contribution < 1.29 is 32.7 Å². The van der Waals surface area contributed by atoms with Crippen LogP contribution < -0.4 is 4.98 Å². The van der Waals surface area contributed by atoms with Crippen molar-refractivity contribution in [2.75, 3.05) is 0 Å². The normalized spacial score (nSPS) is 9.20. The molecule has 2 aromatic rings. The number of hydrogen-bond donors (Lipinski definition) is 0. The van der Waals surface area contributed by atoms with Gasteiger partial charge in [0.15, 0.2) is 0 Å². The molecule has 0 spiro atoms. The molecule has 0 atom stereocenters. The summed E-state index contributed by atoms with van der Waals surface area (Å²) < 4.78 is 0. The number of fused-ring (bicyclic) bond motifs is 1. The second-order valence-corrected chi connectivity index (χ2v) is 1.86. The van der Waals surface area contributed by atoms with Crippen LogP contribution in [0.4, 0.5) is 0 Å². The summed E-state index contributed by atoms with van der Waals surface area (Å²) in [5.74, 6) is 0. The first-order chi connectivity index (χ1) is 4.47. The van der Waals surface area contributed by atoms with Crippen LogP contribution in [-0.4, -0.2) is 4.98 Å². The number of hydrogen-bond acceptors (Lipinski definition) is 1. The van der Waals surface area contributed by atoms with E-state index in [1.165, 1.54) is 0 Å². The van der Waals surface area contributed by atoms with Crippen molar-refractivity contribution in [3.63, 3.8) is 0 Å². The minimum Gasteiger partial charge on any atom is -0.442 e. The molecule has 0 fully saturated rings. The first kappa shape index (κ1) is 7.90. The quantitative estimate of drug-likeness (QED) is 0.647. The molecule has 0 amide bonds. The van der Waals surface area contributed by atoms with Crippen LogP contribution in [0.3, 0.4) is 0 Å². The molecule has 47 valence electrons. The summed E-state index contributed by atoms with van der Waals surface area (Å²) in [5.41, 5.74) is 0.831. The van der Waals surface area contributed by atoms with Gasteiger partial charge in [0, 0.05) is 32.7 Å². The van der Waals surface area contributed by atoms with Gasteiger partial charge in [0.05, 0.1) is 0 Å². The van der Waals surface area contributed by atoms with Gasteiger partial charge in [-0.3, -0.25) is 0 Å². The van der Waals surface area contributed by atoms with E-state index in [1.54, 1.807) is 12.4 Å². The van der Waals surface area contributed by atoms with Crippen molar-refractivity contribution >= 4 is 11.0 Å². The Morgan fingerprint density at radius 3 is 3.00 bits per heavy atom. The summed E-state index contributed by atoms with van der Waals surface area (Å²) in [5, 5.41) is 1.11. The van der Waals surface area contributed by atoms with Gasteiger partial charge < -0.3 is 9.97 Å². The van der Waals surface area contributed by atoms with E-state index in [1.807, 2.05) is 18.2 Å². The van der Waals surface area contributed by atoms with Crippen molar-refractivity contribution in [3.8, 4) is 0 Å². The van der Waals surface area contributed by atoms with Crippen molar-refractivity contribution in [2.24, 2.45) is 0 Å². The summed E-state index contributed by atoms with van der Waals surface area (Å²) in [6, 6.07) is 5.85. The molecule has 2 heterocycles. The molecule has 0 aromatic carbocycles. The Morgan fingerprint density at radius 2 is 2.20 bits per heavy atom. The van der Waals surface area contributed by atoms with Gasteiger partial charge in [0.2, 0.25) is 0 Å². The molecule has 2 nitrogen and oxygen atoms in total. The van der Waals surface area contributed by atoms with Crippen molar-refractivity contribution in [3.05, 3.63) is 30.6 Å². The zero-order valence-corrected chi connectivity index (χ0v) is 8.20. The van der Waals surface area contributed by atoms with E-state index in [0.29, 0.717) is 0 Å². The Labute approximate surface area is 83.9 Å². The molecule has 2 rings (SSSR count). The average molecular weight is 206 g/mol. The van der Waals surface area contributed by atoms with Gasteiger partial charge in [0.25, 0.3) is 0 Å². The topological polar surface area (TPSA) is 27.0 Å². The summed E-state index contributed by atoms with van der Waals surface area (Å²) in [7, 11) is 0. The van der Waals surface area contributed by atoms with Crippen LogP contribution in [0.1, 0.15) is 0 Å². The Balaban J connectivity index is 0.000000500. The third-order valence-electron chi connectivity index (χ3n) is 1.27. The Morgan fingerprint density at radius 1 is 1.30 bits per heavy atom. The van der Waals surface area contributed by atoms with Crippen LogP contribution >= 0.6 is 0 Å². The Kier molecular flexibility index (Phi) is 2.58. The van der Waals surface area contributed by atoms with E-state index in [-0.39, 0.29) is 32.7 Å². The number of rotatable bonds is 0. The molecule has 3 heteroatoms. The maximum atomic E-state index is 4.03. The molecule has 0 aliphatic heterocycles. The van der Waals surface area contributed by atoms with E-state index in [2.05, 4.69) is 9.97 Å². The first-order valence-corrected chi connectivity index (χ1v) is 2.79. The van der Waals surface area contributed by atoms with Gasteiger partial charge in [0.1, 0.15) is 0 Å². The van der Waals surface area contributed by atoms with Crippen molar-refractivity contribution in [2.45, 2.75) is 0 Å². The fourth-order valence-corrected chi connectivity index (χ4v) is 0.836. The van der Waals surface area contributed by atoms with Crippen LogP contribution in [-0.2, 0) is 32.7 Å². The number of pyridine rings is 1. The van der Waals surface area contributed by atoms with Gasteiger partial charge in [-0.05, 0) is 5.39 Å². The fourth-order valence-electron chi connectivity index (χ4n) is 0.836. The number of nitrogens with zero attached hydrogens (tertiary/aromatic N) is 2. The van der Waals surface area contributed by atoms with E-state index in [0.717, 1.165) is 11.0 Å². The Bertz CT molecular complexity index is 286. The summed E-state index contributed by atoms with van der Waals surface area (Å²) in [6.07, 6.45) is 3.51. The maximum absolute atomic E-state index is 4.03. The minimum atomic E-state index is 0. The molecule has 1 radical (unpaired) electrons. The van der Waals surface area contributed by atoms with Gasteiger partial charge in [-0.15, -0.1) is 0 Å². The molecule has 0 unspecified atom stereocenters. The first-order valence-electron chi connectivity index (χ1n) is 2.79. The van der Waals surface area contributed by atoms with E-state index in [9.17, 15) is 0 Å². The standard InChI is InChI=1S/C7H5N2.Y/c1-2-6-3-5-9-7(6)8-4-1;/h1-5H;/q-1;. The Hall–Kier alpha value is -0.206. The minimum absolute atomic E-state index is 0. The number of aromatic nitrogens is 2. The van der Waals surface area contributed by atoms with Gasteiger partial charge in [-0.1, -0.05) is 36.2 Å². The van der Waals surface area contributed by atoms with Crippen molar-refractivity contribution in [1.29, 1.82) is 0 Å². The van der Waals surface area contributed by atoms with Crippen LogP contribution in [0.15, 0.2) is 30.6 Å². The molecule has 10 heavy (non-hydrogen) atoms. The average Bonchev–Trinajstić information content (AvgIpc) is 2.33. The van der Waals surface area contributed by atoms with Crippen LogP contribution in [0.2, 0.25) is 0 Å². The molecule has 0 N–H and O–H groups in total. The second-order valence-electron chi connectivity index (χ2n) is 1.86. The van der Waals surface area contributed by atoms with Crippen LogP contribution in [0.5, 0.6) is 0 Å². The molecule has 0 saturated carbocycles. The summed E-state index contributed by atoms with van der Waals surface area (Å²) >= 11 is 0. The largest absolute Gasteiger partial charge is 0.442 e. The predicted molar refractivity (Wildman–Crippen MR) is 35.1 cm³/mol. The summed E-state index contributed by atoms with van der Waals surface area (Å²) in [6.45, 7) is 0. The van der Waals surface area contributed by atoms with Gasteiger partial charge in [-0.25, -0.2) is 0 Å². The zero-order valence-electron chi connectivity index (χ0n) is 5.36. The van der Waals surface area contributed by atoms with Crippen LogP contribution in [0, 0.1) is 0 Å². The molecule has 0 aliphatic rings. The third-order valence-corrected chi connectivity index (χ3v) is 1.27. The van der Waals surface area contributed by atoms with E-state index >= 15 is 0 Å². The SMILES string of the molecule is [Y].c1cnc2[n-]ccc2c1. The molecule has 0 aliphatic carbocycles. The fraction of sp³-hybridized carbons (Fsp3) is 0. The maximum Gasteiger partial charge on any atom is 0 e. The van der Waals surface area contributed by atoms with E-state index in [4.69, 9.17) is 0 Å². The van der Waals surface area contributed by atoms with E-state index < -0.39 is 0 Å². The molecule has 0 saturated heterocycles. The predicted octanol–water partition coefficient (Wildman–Crippen LogP) is 1.19. The van der Waals surface area contributed by atoms with Gasteiger partial charge in [-0.2, -0.15) is 0 Å². The monoisotopic (exact) mass is 206 g/mol. The van der Waals surface area contributed by atoms with Gasteiger partial charge >= 0.3 is 0 Å². The smallest absolute Gasteiger partial charge is 0 e. The van der Waals surface area contributed by atoms with Crippen LogP contribution in [0.25, 0.3) is 11.0 Å². The molecule has 0 bridgehead atoms.